The molecule has 0 spiro atoms. The predicted molar refractivity (Wildman–Crippen MR) is 117 cm³/mol. The molecule has 14 heteroatoms. The van der Waals surface area contributed by atoms with Crippen LogP contribution in [0.5, 0.6) is 0 Å². The molecular weight excluding hydrogens is 636 g/mol. The maximum Gasteiger partial charge on any atom is 0.336 e. The summed E-state index contributed by atoms with van der Waals surface area (Å²) < 4.78 is 20.6. The molecule has 1 amide bonds. The van der Waals surface area contributed by atoms with Crippen LogP contribution in [0.4, 0.5) is 0 Å². The molecular formula is C16H25I2NO11. The summed E-state index contributed by atoms with van der Waals surface area (Å²) in [6.45, 7) is 2.20. The number of carboxylic acids is 1. The number of carboxylic acid groups (broad SMARTS) is 1. The number of rotatable bonds is 11. The highest BCUT2D eigenvalue weighted by atomic mass is 128. The Balaban J connectivity index is 0.00000407. The fraction of sp³-hybridized carbons (Fsp3) is 0.750. The van der Waals surface area contributed by atoms with Crippen LogP contribution >= 0.6 is 37.2 Å². The molecule has 12 nitrogen and oxygen atoms in total. The van der Waals surface area contributed by atoms with Crippen molar-refractivity contribution in [2.24, 2.45) is 0 Å². The van der Waals surface area contributed by atoms with E-state index in [4.69, 9.17) is 18.9 Å². The molecule has 0 saturated carbocycles. The lowest BCUT2D eigenvalue weighted by Crippen LogP contribution is -2.65. The number of amides is 1. The average molecular weight is 661 g/mol. The molecule has 0 aromatic rings. The number of aliphatic hydroxyl groups excluding tert-OH is 2. The molecule has 0 aromatic heterocycles. The topological polar surface area (TPSA) is 178 Å². The van der Waals surface area contributed by atoms with E-state index in [0.717, 1.165) is 7.11 Å². The molecule has 8 unspecified atom stereocenters. The van der Waals surface area contributed by atoms with Crippen LogP contribution in [0, 0.1) is 0 Å². The number of methoxy groups -OCH3 is 1. The first-order chi connectivity index (χ1) is 14.2. The van der Waals surface area contributed by atoms with E-state index in [1.165, 1.54) is 6.92 Å². The van der Waals surface area contributed by atoms with Crippen LogP contribution in [-0.4, -0.2) is 102 Å². The van der Waals surface area contributed by atoms with Crippen LogP contribution < -0.4 is 5.32 Å². The third-order valence-corrected chi connectivity index (χ3v) is 4.15. The number of halogens is 2. The van der Waals surface area contributed by atoms with E-state index in [1.807, 2.05) is 0 Å². The third kappa shape index (κ3) is 8.56. The van der Waals surface area contributed by atoms with Crippen LogP contribution in [0.2, 0.25) is 0 Å². The second-order valence-corrected chi connectivity index (χ2v) is 6.12. The summed E-state index contributed by atoms with van der Waals surface area (Å²) in [5, 5.41) is 31.5. The minimum absolute atomic E-state index is 0.124. The first-order valence-corrected chi connectivity index (χ1v) is 14.8. The fourth-order valence-electron chi connectivity index (χ4n) is 2.80. The maximum atomic E-state index is 11.5. The highest BCUT2D eigenvalue weighted by molar-refractivity contribution is 15.0. The number of aliphatic carboxylic acids is 1. The Labute approximate surface area is 196 Å². The van der Waals surface area contributed by atoms with Crippen molar-refractivity contribution >= 4 is 61.7 Å². The van der Waals surface area contributed by atoms with Crippen LogP contribution in [-0.2, 0) is 38.1 Å². The second kappa shape index (κ2) is 15.3. The zero-order valence-electron chi connectivity index (χ0n) is 16.3. The van der Waals surface area contributed by atoms with Gasteiger partial charge in [-0.1, -0.05) is 0 Å². The van der Waals surface area contributed by atoms with E-state index in [1.54, 1.807) is 6.92 Å². The quantitative estimate of drug-likeness (QED) is 0.121. The average Bonchev–Trinajstić information content (AvgIpc) is 2.72. The number of carbonyl (C=O) groups is 4. The van der Waals surface area contributed by atoms with Crippen molar-refractivity contribution in [1.29, 1.82) is 0 Å². The maximum absolute atomic E-state index is 11.5. The molecule has 1 aliphatic rings. The van der Waals surface area contributed by atoms with Gasteiger partial charge in [0.05, 0.1) is 18.8 Å². The van der Waals surface area contributed by atoms with Gasteiger partial charge in [-0.15, -0.1) is 0 Å². The number of aldehydes is 2. The van der Waals surface area contributed by atoms with Crippen molar-refractivity contribution in [3.05, 3.63) is 0 Å². The number of nitrogens with one attached hydrogen (secondary N) is 1. The lowest BCUT2D eigenvalue weighted by molar-refractivity contribution is -0.257. The van der Waals surface area contributed by atoms with Gasteiger partial charge < -0.3 is 44.4 Å². The Morgan fingerprint density at radius 1 is 1.27 bits per heavy atom. The monoisotopic (exact) mass is 661 g/mol. The van der Waals surface area contributed by atoms with Crippen molar-refractivity contribution in [1.82, 2.24) is 5.32 Å². The summed E-state index contributed by atoms with van der Waals surface area (Å²) in [6.07, 6.45) is -9.44. The van der Waals surface area contributed by atoms with E-state index in [0.29, 0.717) is 0 Å². The minimum Gasteiger partial charge on any atom is -0.479 e. The van der Waals surface area contributed by atoms with Gasteiger partial charge in [0, 0.05) is 51.3 Å². The third-order valence-electron chi connectivity index (χ3n) is 4.15. The van der Waals surface area contributed by atoms with Gasteiger partial charge in [0.15, 0.2) is 18.7 Å². The summed E-state index contributed by atoms with van der Waals surface area (Å²) in [7, 11) is 1.08. The fourth-order valence-corrected chi connectivity index (χ4v) is 2.80. The van der Waals surface area contributed by atoms with Crippen molar-refractivity contribution in [3.8, 4) is 0 Å². The minimum atomic E-state index is -1.86. The van der Waals surface area contributed by atoms with Crippen molar-refractivity contribution in [3.63, 3.8) is 0 Å². The largest absolute Gasteiger partial charge is 0.479 e. The van der Waals surface area contributed by atoms with Gasteiger partial charge in [0.1, 0.15) is 24.4 Å². The zero-order chi connectivity index (χ0) is 23.4. The van der Waals surface area contributed by atoms with Crippen LogP contribution in [0.25, 0.3) is 0 Å². The molecule has 1 saturated heterocycles. The van der Waals surface area contributed by atoms with Gasteiger partial charge in [-0.3, -0.25) is 9.59 Å². The summed E-state index contributed by atoms with van der Waals surface area (Å²) in [4.78, 5) is 45.1. The smallest absolute Gasteiger partial charge is 0.336 e. The molecule has 1 aliphatic heterocycles. The van der Waals surface area contributed by atoms with Gasteiger partial charge >= 0.3 is 5.97 Å². The number of aliphatic hydroxyl groups is 2. The molecule has 0 radical (unpaired) electrons. The summed E-state index contributed by atoms with van der Waals surface area (Å²) >= 11 is 4.24. The summed E-state index contributed by atoms with van der Waals surface area (Å²) in [5.41, 5.74) is 0. The molecule has 30 heavy (non-hydrogen) atoms. The van der Waals surface area contributed by atoms with Crippen LogP contribution in [0.15, 0.2) is 0 Å². The molecule has 1 heterocycles. The Hall–Kier alpha value is -0.500. The Morgan fingerprint density at radius 3 is 2.27 bits per heavy atom. The highest BCUT2D eigenvalue weighted by Crippen LogP contribution is 2.25. The van der Waals surface area contributed by atoms with Gasteiger partial charge in [0.2, 0.25) is 12.2 Å². The van der Waals surface area contributed by atoms with Gasteiger partial charge in [-0.05, 0) is 6.92 Å². The zero-order valence-corrected chi connectivity index (χ0v) is 20.7. The van der Waals surface area contributed by atoms with E-state index in [-0.39, 0.29) is 12.6 Å². The van der Waals surface area contributed by atoms with Crippen molar-refractivity contribution < 1.29 is 53.4 Å². The van der Waals surface area contributed by atoms with E-state index in [2.05, 4.69) is 42.5 Å². The molecule has 8 atom stereocenters. The Bertz CT molecular complexity index is 567. The number of hydrogen-bond acceptors (Lipinski definition) is 10. The molecule has 174 valence electrons. The molecule has 0 aliphatic carbocycles. The first-order valence-electron chi connectivity index (χ1n) is 8.52. The van der Waals surface area contributed by atoms with E-state index >= 15 is 0 Å². The van der Waals surface area contributed by atoms with Gasteiger partial charge in [0.25, 0.3) is 0 Å². The molecule has 0 bridgehead atoms. The first kappa shape index (κ1) is 29.5. The summed E-state index contributed by atoms with van der Waals surface area (Å²) in [5.74, 6) is -2.06. The molecule has 0 aromatic carbocycles. The van der Waals surface area contributed by atoms with Crippen molar-refractivity contribution in [2.75, 3.05) is 13.7 Å². The Kier molecular flexibility index (Phi) is 15.1. The predicted octanol–water partition coefficient (Wildman–Crippen LogP) is -1.00. The summed E-state index contributed by atoms with van der Waals surface area (Å²) in [6, 6.07) is -0.936. The number of hydrogen-bond donors (Lipinski definition) is 4. The van der Waals surface area contributed by atoms with Gasteiger partial charge in [-0.25, -0.2) is 4.79 Å². The lowest BCUT2D eigenvalue weighted by atomic mass is 9.93. The van der Waals surface area contributed by atoms with Crippen molar-refractivity contribution in [2.45, 2.75) is 62.8 Å². The normalized spacial score (nSPS) is 28.8. The van der Waals surface area contributed by atoms with Crippen LogP contribution in [0.1, 0.15) is 13.8 Å². The Morgan fingerprint density at radius 2 is 1.87 bits per heavy atom. The van der Waals surface area contributed by atoms with E-state index in [9.17, 15) is 34.5 Å². The lowest BCUT2D eigenvalue weighted by Gasteiger charge is -2.44. The molecule has 1 fully saturated rings. The van der Waals surface area contributed by atoms with E-state index < -0.39 is 67.4 Å². The second-order valence-electron chi connectivity index (χ2n) is 6.12. The SMILES string of the molecule is COC(C=O)C(OC(C=O)OC1C(O)C(CO)OC(C)C1NC(C)=O)C(=O)O.II. The van der Waals surface area contributed by atoms with Gasteiger partial charge in [-0.2, -0.15) is 0 Å². The standard InChI is InChI=1S/C16H25NO11.I2/c1-7-12(17-8(2)21)15(13(22)9(4-18)26-7)28-11(6-20)27-14(16(23)24)10(5-19)25-3;1-2/h5-7,9-15,18,22H,4H2,1-3H3,(H,17,21)(H,23,24);. The number of ether oxygens (including phenoxy) is 4. The highest BCUT2D eigenvalue weighted by Gasteiger charge is 2.46. The molecule has 1 rings (SSSR count). The molecule has 4 N–H and O–H groups in total. The number of carbonyl (C=O) groups excluding carboxylic acids is 3. The van der Waals surface area contributed by atoms with Crippen LogP contribution in [0.3, 0.4) is 0 Å².